The molecule has 1 aliphatic carbocycles. The van der Waals surface area contributed by atoms with Gasteiger partial charge in [-0.2, -0.15) is 0 Å². The summed E-state index contributed by atoms with van der Waals surface area (Å²) >= 11 is 1.85. The number of aromatic nitrogens is 3. The van der Waals surface area contributed by atoms with E-state index in [0.717, 1.165) is 43.3 Å². The Morgan fingerprint density at radius 1 is 1.07 bits per heavy atom. The number of rotatable bonds is 5. The van der Waals surface area contributed by atoms with Crippen molar-refractivity contribution in [1.29, 1.82) is 0 Å². The highest BCUT2D eigenvalue weighted by Crippen LogP contribution is 2.29. The molecule has 27 heavy (non-hydrogen) atoms. The van der Waals surface area contributed by atoms with Crippen molar-refractivity contribution >= 4 is 23.5 Å². The topological polar surface area (TPSA) is 62.2 Å². The molecule has 7 heteroatoms. The number of pyridine rings is 1. The lowest BCUT2D eigenvalue weighted by Crippen LogP contribution is -2.49. The summed E-state index contributed by atoms with van der Waals surface area (Å²) in [7, 11) is 0. The minimum atomic E-state index is 0.282. The number of piperazine rings is 1. The first-order valence-corrected chi connectivity index (χ1v) is 10.7. The van der Waals surface area contributed by atoms with Crippen LogP contribution in [0.2, 0.25) is 0 Å². The SMILES string of the molecule is O=C(CSC1CCCC1)N1CCN(c2ccc(-c3cccnc3)nn2)CC1. The largest absolute Gasteiger partial charge is 0.352 e. The molecule has 142 valence electrons. The molecule has 2 aromatic rings. The van der Waals surface area contributed by atoms with Crippen molar-refractivity contribution in [1.82, 2.24) is 20.1 Å². The lowest BCUT2D eigenvalue weighted by Gasteiger charge is -2.35. The van der Waals surface area contributed by atoms with E-state index < -0.39 is 0 Å². The van der Waals surface area contributed by atoms with Gasteiger partial charge in [0.2, 0.25) is 5.91 Å². The van der Waals surface area contributed by atoms with Gasteiger partial charge in [-0.3, -0.25) is 9.78 Å². The fourth-order valence-electron chi connectivity index (χ4n) is 3.68. The number of anilines is 1. The molecular weight excluding hydrogens is 358 g/mol. The molecule has 0 spiro atoms. The van der Waals surface area contributed by atoms with Crippen LogP contribution in [0.5, 0.6) is 0 Å². The van der Waals surface area contributed by atoms with Crippen LogP contribution >= 0.6 is 11.8 Å². The average molecular weight is 384 g/mol. The quantitative estimate of drug-likeness (QED) is 0.791. The summed E-state index contributed by atoms with van der Waals surface area (Å²) in [5, 5.41) is 9.41. The minimum absolute atomic E-state index is 0.282. The van der Waals surface area contributed by atoms with E-state index in [4.69, 9.17) is 0 Å². The molecule has 0 radical (unpaired) electrons. The van der Waals surface area contributed by atoms with Gasteiger partial charge in [-0.15, -0.1) is 22.0 Å². The van der Waals surface area contributed by atoms with E-state index in [-0.39, 0.29) is 5.91 Å². The highest BCUT2D eigenvalue weighted by molar-refractivity contribution is 8.00. The zero-order chi connectivity index (χ0) is 18.5. The van der Waals surface area contributed by atoms with Crippen molar-refractivity contribution in [3.8, 4) is 11.3 Å². The highest BCUT2D eigenvalue weighted by Gasteiger charge is 2.24. The van der Waals surface area contributed by atoms with Gasteiger partial charge in [0.1, 0.15) is 0 Å². The average Bonchev–Trinajstić information content (AvgIpc) is 3.27. The van der Waals surface area contributed by atoms with Crippen LogP contribution in [0.15, 0.2) is 36.7 Å². The summed E-state index contributed by atoms with van der Waals surface area (Å²) in [5.74, 6) is 1.78. The monoisotopic (exact) mass is 383 g/mol. The first-order valence-electron chi connectivity index (χ1n) is 9.68. The van der Waals surface area contributed by atoms with Crippen LogP contribution in [-0.4, -0.2) is 63.2 Å². The fraction of sp³-hybridized carbons (Fsp3) is 0.500. The Hall–Kier alpha value is -2.15. The zero-order valence-electron chi connectivity index (χ0n) is 15.5. The Balaban J connectivity index is 1.28. The molecule has 1 saturated carbocycles. The second kappa shape index (κ2) is 8.69. The van der Waals surface area contributed by atoms with E-state index in [1.165, 1.54) is 25.7 Å². The Kier molecular flexibility index (Phi) is 5.87. The van der Waals surface area contributed by atoms with Crippen molar-refractivity contribution < 1.29 is 4.79 Å². The molecule has 6 nitrogen and oxygen atoms in total. The van der Waals surface area contributed by atoms with Crippen LogP contribution < -0.4 is 4.90 Å². The lowest BCUT2D eigenvalue weighted by molar-refractivity contribution is -0.128. The molecule has 4 rings (SSSR count). The Morgan fingerprint density at radius 2 is 1.89 bits per heavy atom. The third-order valence-electron chi connectivity index (χ3n) is 5.31. The van der Waals surface area contributed by atoms with Crippen molar-refractivity contribution in [2.24, 2.45) is 0 Å². The summed E-state index contributed by atoms with van der Waals surface area (Å²) in [6.45, 7) is 3.13. The molecule has 3 heterocycles. The molecule has 1 saturated heterocycles. The standard InChI is InChI=1S/C20H25N5OS/c26-20(15-27-17-5-1-2-6-17)25-12-10-24(11-13-25)19-8-7-18(22-23-19)16-4-3-9-21-14-16/h3-4,7-9,14,17H,1-2,5-6,10-13,15H2. The molecule has 0 aromatic carbocycles. The second-order valence-corrected chi connectivity index (χ2v) is 8.39. The summed E-state index contributed by atoms with van der Waals surface area (Å²) < 4.78 is 0. The summed E-state index contributed by atoms with van der Waals surface area (Å²) in [6, 6.07) is 7.86. The van der Waals surface area contributed by atoms with Crippen molar-refractivity contribution in [2.75, 3.05) is 36.8 Å². The molecule has 2 fully saturated rings. The fourth-order valence-corrected chi connectivity index (χ4v) is 4.91. The van der Waals surface area contributed by atoms with Crippen LogP contribution in [0.3, 0.4) is 0 Å². The van der Waals surface area contributed by atoms with Gasteiger partial charge in [-0.1, -0.05) is 12.8 Å². The van der Waals surface area contributed by atoms with Crippen LogP contribution in [0, 0.1) is 0 Å². The molecule has 1 aliphatic heterocycles. The van der Waals surface area contributed by atoms with E-state index in [0.29, 0.717) is 11.0 Å². The first-order chi connectivity index (χ1) is 13.3. The van der Waals surface area contributed by atoms with E-state index in [1.54, 1.807) is 12.4 Å². The third kappa shape index (κ3) is 4.58. The third-order valence-corrected chi connectivity index (χ3v) is 6.67. The Labute approximate surface area is 164 Å². The number of thioether (sulfide) groups is 1. The van der Waals surface area contributed by atoms with Crippen LogP contribution in [0.1, 0.15) is 25.7 Å². The molecule has 0 atom stereocenters. The van der Waals surface area contributed by atoms with Gasteiger partial charge in [-0.05, 0) is 37.1 Å². The van der Waals surface area contributed by atoms with Crippen LogP contribution in [-0.2, 0) is 4.79 Å². The van der Waals surface area contributed by atoms with E-state index in [2.05, 4.69) is 20.1 Å². The number of carbonyl (C=O) groups excluding carboxylic acids is 1. The summed E-state index contributed by atoms with van der Waals surface area (Å²) in [5.41, 5.74) is 1.79. The number of carbonyl (C=O) groups is 1. The van der Waals surface area contributed by atoms with E-state index >= 15 is 0 Å². The van der Waals surface area contributed by atoms with Crippen LogP contribution in [0.4, 0.5) is 5.82 Å². The van der Waals surface area contributed by atoms with Gasteiger partial charge in [0, 0.05) is 49.4 Å². The van der Waals surface area contributed by atoms with Gasteiger partial charge < -0.3 is 9.80 Å². The van der Waals surface area contributed by atoms with Crippen molar-refractivity contribution in [3.05, 3.63) is 36.7 Å². The second-order valence-electron chi connectivity index (χ2n) is 7.10. The van der Waals surface area contributed by atoms with Gasteiger partial charge in [0.05, 0.1) is 11.4 Å². The highest BCUT2D eigenvalue weighted by atomic mass is 32.2. The number of nitrogens with zero attached hydrogens (tertiary/aromatic N) is 5. The molecular formula is C20H25N5OS. The molecule has 2 aliphatic rings. The predicted molar refractivity (Wildman–Crippen MR) is 109 cm³/mol. The van der Waals surface area contributed by atoms with Crippen LogP contribution in [0.25, 0.3) is 11.3 Å². The molecule has 0 N–H and O–H groups in total. The molecule has 2 aromatic heterocycles. The van der Waals surface area contributed by atoms with Gasteiger partial charge in [0.15, 0.2) is 5.82 Å². The Morgan fingerprint density at radius 3 is 2.56 bits per heavy atom. The van der Waals surface area contributed by atoms with Gasteiger partial charge in [0.25, 0.3) is 0 Å². The normalized spacial score (nSPS) is 18.1. The maximum absolute atomic E-state index is 12.5. The summed E-state index contributed by atoms with van der Waals surface area (Å²) in [6.07, 6.45) is 8.74. The molecule has 0 bridgehead atoms. The predicted octanol–water partition coefficient (Wildman–Crippen LogP) is 2.86. The van der Waals surface area contributed by atoms with E-state index in [9.17, 15) is 4.79 Å². The summed E-state index contributed by atoms with van der Waals surface area (Å²) in [4.78, 5) is 20.8. The molecule has 0 unspecified atom stereocenters. The number of hydrogen-bond acceptors (Lipinski definition) is 6. The zero-order valence-corrected chi connectivity index (χ0v) is 16.3. The smallest absolute Gasteiger partial charge is 0.232 e. The lowest BCUT2D eigenvalue weighted by atomic mass is 10.2. The van der Waals surface area contributed by atoms with Gasteiger partial charge >= 0.3 is 0 Å². The van der Waals surface area contributed by atoms with Gasteiger partial charge in [-0.25, -0.2) is 0 Å². The molecule has 1 amide bonds. The number of amides is 1. The van der Waals surface area contributed by atoms with E-state index in [1.807, 2.05) is 40.9 Å². The Bertz CT molecular complexity index is 741. The maximum Gasteiger partial charge on any atom is 0.232 e. The van der Waals surface area contributed by atoms with Crippen molar-refractivity contribution in [2.45, 2.75) is 30.9 Å². The van der Waals surface area contributed by atoms with Crippen molar-refractivity contribution in [3.63, 3.8) is 0 Å². The number of hydrogen-bond donors (Lipinski definition) is 0. The first kappa shape index (κ1) is 18.2. The maximum atomic E-state index is 12.5. The minimum Gasteiger partial charge on any atom is -0.352 e.